The molecular formula is C13H14BrFN2O3. The lowest BCUT2D eigenvalue weighted by Gasteiger charge is -2.22. The average molecular weight is 345 g/mol. The van der Waals surface area contributed by atoms with E-state index in [-0.39, 0.29) is 4.47 Å². The summed E-state index contributed by atoms with van der Waals surface area (Å²) in [6.07, 6.45) is 1.12. The number of hydrogen-bond acceptors (Lipinski definition) is 2. The molecule has 0 radical (unpaired) electrons. The molecule has 5 nitrogen and oxygen atoms in total. The molecule has 1 aliphatic rings. The molecule has 2 rings (SSSR count). The van der Waals surface area contributed by atoms with Crippen LogP contribution >= 0.6 is 15.9 Å². The average Bonchev–Trinajstić information content (AvgIpc) is 2.85. The number of nitrogens with one attached hydrogen (secondary N) is 1. The Hall–Kier alpha value is -1.63. The molecule has 2 N–H and O–H groups in total. The summed E-state index contributed by atoms with van der Waals surface area (Å²) in [5.74, 6) is -1.42. The van der Waals surface area contributed by atoms with E-state index in [4.69, 9.17) is 5.11 Å². The smallest absolute Gasteiger partial charge is 0.326 e. The van der Waals surface area contributed by atoms with Gasteiger partial charge in [-0.2, -0.15) is 0 Å². The zero-order valence-electron chi connectivity index (χ0n) is 10.8. The number of carboxylic acids is 1. The van der Waals surface area contributed by atoms with Gasteiger partial charge in [0.15, 0.2) is 0 Å². The molecule has 1 saturated heterocycles. The van der Waals surface area contributed by atoms with E-state index in [1.807, 2.05) is 0 Å². The maximum Gasteiger partial charge on any atom is 0.326 e. The number of carbonyl (C=O) groups is 2. The standard InChI is InChI=1S/C13H14BrFN2O3/c1-7-5-9(15)8(14)6-10(7)16-13(20)17-4-2-3-11(17)12(18)19/h5-6,11H,2-4H2,1H3,(H,16,20)(H,18,19)/t11-/m0/s1. The number of carbonyl (C=O) groups excluding carboxylic acids is 1. The lowest BCUT2D eigenvalue weighted by Crippen LogP contribution is -2.42. The zero-order chi connectivity index (χ0) is 14.9. The normalized spacial score (nSPS) is 18.1. The van der Waals surface area contributed by atoms with Crippen LogP contribution in [0, 0.1) is 12.7 Å². The Morgan fingerprint density at radius 1 is 1.50 bits per heavy atom. The van der Waals surface area contributed by atoms with E-state index in [9.17, 15) is 14.0 Å². The van der Waals surface area contributed by atoms with Crippen molar-refractivity contribution >= 4 is 33.6 Å². The van der Waals surface area contributed by atoms with E-state index in [1.165, 1.54) is 17.0 Å². The molecule has 0 aromatic heterocycles. The number of carboxylic acid groups (broad SMARTS) is 1. The Bertz CT molecular complexity index is 565. The zero-order valence-corrected chi connectivity index (χ0v) is 12.4. The van der Waals surface area contributed by atoms with Gasteiger partial charge in [-0.3, -0.25) is 0 Å². The summed E-state index contributed by atoms with van der Waals surface area (Å²) < 4.78 is 13.6. The molecule has 1 fully saturated rings. The van der Waals surface area contributed by atoms with Crippen molar-refractivity contribution in [2.75, 3.05) is 11.9 Å². The summed E-state index contributed by atoms with van der Waals surface area (Å²) >= 11 is 3.05. The minimum Gasteiger partial charge on any atom is -0.480 e. The van der Waals surface area contributed by atoms with Gasteiger partial charge in [-0.15, -0.1) is 0 Å². The third-order valence-corrected chi connectivity index (χ3v) is 3.92. The predicted molar refractivity (Wildman–Crippen MR) is 75.2 cm³/mol. The van der Waals surface area contributed by atoms with Crippen molar-refractivity contribution in [3.05, 3.63) is 28.0 Å². The molecule has 2 amide bonds. The van der Waals surface area contributed by atoms with Crippen molar-refractivity contribution in [2.24, 2.45) is 0 Å². The summed E-state index contributed by atoms with van der Waals surface area (Å²) in [6.45, 7) is 2.08. The van der Waals surface area contributed by atoms with Crippen molar-refractivity contribution < 1.29 is 19.1 Å². The summed E-state index contributed by atoms with van der Waals surface area (Å²) in [5.41, 5.74) is 1.03. The number of likely N-dealkylation sites (tertiary alicyclic amines) is 1. The fourth-order valence-corrected chi connectivity index (χ4v) is 2.58. The topological polar surface area (TPSA) is 69.6 Å². The van der Waals surface area contributed by atoms with Gasteiger partial charge >= 0.3 is 12.0 Å². The Labute approximate surface area is 123 Å². The SMILES string of the molecule is Cc1cc(F)c(Br)cc1NC(=O)N1CCC[C@H]1C(=O)O. The summed E-state index contributed by atoms with van der Waals surface area (Å²) in [4.78, 5) is 24.5. The first-order valence-electron chi connectivity index (χ1n) is 6.16. The van der Waals surface area contributed by atoms with Crippen molar-refractivity contribution in [3.63, 3.8) is 0 Å². The van der Waals surface area contributed by atoms with Gasteiger partial charge in [-0.05, 0) is 53.4 Å². The lowest BCUT2D eigenvalue weighted by atomic mass is 10.2. The number of benzene rings is 1. The molecule has 1 aliphatic heterocycles. The highest BCUT2D eigenvalue weighted by Crippen LogP contribution is 2.25. The van der Waals surface area contributed by atoms with Crippen molar-refractivity contribution in [3.8, 4) is 0 Å². The number of anilines is 1. The van der Waals surface area contributed by atoms with Gasteiger partial charge in [0.1, 0.15) is 11.9 Å². The van der Waals surface area contributed by atoms with Crippen LogP contribution < -0.4 is 5.32 Å². The fraction of sp³-hybridized carbons (Fsp3) is 0.385. The molecule has 1 heterocycles. The third kappa shape index (κ3) is 2.92. The molecule has 7 heteroatoms. The number of aliphatic carboxylic acids is 1. The van der Waals surface area contributed by atoms with Crippen LogP contribution in [0.4, 0.5) is 14.9 Å². The summed E-state index contributed by atoms with van der Waals surface area (Å²) in [5, 5.41) is 11.7. The molecule has 1 aromatic carbocycles. The van der Waals surface area contributed by atoms with Crippen LogP contribution in [0.5, 0.6) is 0 Å². The van der Waals surface area contributed by atoms with Gasteiger partial charge in [-0.1, -0.05) is 0 Å². The first-order valence-corrected chi connectivity index (χ1v) is 6.95. The van der Waals surface area contributed by atoms with Crippen LogP contribution in [0.2, 0.25) is 0 Å². The maximum atomic E-state index is 13.3. The van der Waals surface area contributed by atoms with Gasteiger partial charge in [0.05, 0.1) is 4.47 Å². The van der Waals surface area contributed by atoms with Crippen molar-refractivity contribution in [2.45, 2.75) is 25.8 Å². The quantitative estimate of drug-likeness (QED) is 0.866. The number of hydrogen-bond donors (Lipinski definition) is 2. The minimum atomic E-state index is -1.00. The predicted octanol–water partition coefficient (Wildman–Crippen LogP) is 2.98. The Morgan fingerprint density at radius 2 is 2.20 bits per heavy atom. The molecule has 0 bridgehead atoms. The van der Waals surface area contributed by atoms with Crippen LogP contribution in [0.25, 0.3) is 0 Å². The molecule has 0 aliphatic carbocycles. The maximum absolute atomic E-state index is 13.3. The second-order valence-corrected chi connectivity index (χ2v) is 5.56. The minimum absolute atomic E-state index is 0.245. The Kier molecular flexibility index (Phi) is 4.27. The lowest BCUT2D eigenvalue weighted by molar-refractivity contribution is -0.141. The number of urea groups is 1. The highest BCUT2D eigenvalue weighted by Gasteiger charge is 2.34. The molecule has 0 spiro atoms. The van der Waals surface area contributed by atoms with Crippen LogP contribution in [0.1, 0.15) is 18.4 Å². The number of halogens is 2. The van der Waals surface area contributed by atoms with Crippen LogP contribution in [0.3, 0.4) is 0 Å². The Morgan fingerprint density at radius 3 is 2.85 bits per heavy atom. The van der Waals surface area contributed by atoms with Gasteiger partial charge in [0.2, 0.25) is 0 Å². The number of amides is 2. The Balaban J connectivity index is 2.16. The molecule has 20 heavy (non-hydrogen) atoms. The van der Waals surface area contributed by atoms with E-state index in [0.29, 0.717) is 30.6 Å². The third-order valence-electron chi connectivity index (χ3n) is 3.31. The van der Waals surface area contributed by atoms with E-state index < -0.39 is 23.9 Å². The molecule has 1 aromatic rings. The molecule has 108 valence electrons. The number of aryl methyl sites for hydroxylation is 1. The monoisotopic (exact) mass is 344 g/mol. The van der Waals surface area contributed by atoms with E-state index >= 15 is 0 Å². The summed E-state index contributed by atoms with van der Waals surface area (Å²) in [6, 6.07) is 1.50. The van der Waals surface area contributed by atoms with E-state index in [2.05, 4.69) is 21.2 Å². The second-order valence-electron chi connectivity index (χ2n) is 4.70. The number of nitrogens with zero attached hydrogens (tertiary/aromatic N) is 1. The molecular weight excluding hydrogens is 331 g/mol. The van der Waals surface area contributed by atoms with E-state index in [1.54, 1.807) is 6.92 Å². The molecule has 0 saturated carbocycles. The highest BCUT2D eigenvalue weighted by atomic mass is 79.9. The van der Waals surface area contributed by atoms with Crippen molar-refractivity contribution in [1.82, 2.24) is 4.90 Å². The van der Waals surface area contributed by atoms with Gasteiger partial charge in [0.25, 0.3) is 0 Å². The van der Waals surface area contributed by atoms with Crippen LogP contribution in [-0.4, -0.2) is 34.6 Å². The van der Waals surface area contributed by atoms with Gasteiger partial charge < -0.3 is 15.3 Å². The van der Waals surface area contributed by atoms with Crippen molar-refractivity contribution in [1.29, 1.82) is 0 Å². The second kappa shape index (κ2) is 5.78. The first-order chi connectivity index (χ1) is 9.40. The van der Waals surface area contributed by atoms with E-state index in [0.717, 1.165) is 0 Å². The first kappa shape index (κ1) is 14.8. The van der Waals surface area contributed by atoms with Crippen LogP contribution in [0.15, 0.2) is 16.6 Å². The molecule has 0 unspecified atom stereocenters. The fourth-order valence-electron chi connectivity index (χ4n) is 2.23. The largest absolute Gasteiger partial charge is 0.480 e. The number of rotatable bonds is 2. The van der Waals surface area contributed by atoms with Crippen LogP contribution in [-0.2, 0) is 4.79 Å². The van der Waals surface area contributed by atoms with Gasteiger partial charge in [-0.25, -0.2) is 14.0 Å². The molecule has 1 atom stereocenters. The highest BCUT2D eigenvalue weighted by molar-refractivity contribution is 9.10. The van der Waals surface area contributed by atoms with Gasteiger partial charge in [0, 0.05) is 12.2 Å². The summed E-state index contributed by atoms with van der Waals surface area (Å²) in [7, 11) is 0.